The predicted octanol–water partition coefficient (Wildman–Crippen LogP) is 8.59. The Hall–Kier alpha value is -4.92. The number of carbonyl (C=O) groups is 2. The monoisotopic (exact) mass is 849 g/mol. The number of carboxylic acids is 2. The molecule has 0 radical (unpaired) electrons. The van der Waals surface area contributed by atoms with Gasteiger partial charge in [0.25, 0.3) is 0 Å². The van der Waals surface area contributed by atoms with Gasteiger partial charge in [0.2, 0.25) is 17.2 Å². The van der Waals surface area contributed by atoms with E-state index in [2.05, 4.69) is 83.5 Å². The summed E-state index contributed by atoms with van der Waals surface area (Å²) in [6, 6.07) is 6.06. The molecule has 0 saturated carbocycles. The van der Waals surface area contributed by atoms with E-state index in [1.807, 2.05) is 12.1 Å². The number of aromatic hydroxyl groups is 2. The van der Waals surface area contributed by atoms with Crippen LogP contribution in [-0.2, 0) is 28.9 Å². The molecule has 3 unspecified atom stereocenters. The smallest absolute Gasteiger partial charge is 0.414 e. The number of hydrogen-bond donors (Lipinski definition) is 4. The molecule has 3 atom stereocenters. The van der Waals surface area contributed by atoms with Crippen molar-refractivity contribution in [3.63, 3.8) is 0 Å². The molecule has 0 bridgehead atoms. The van der Waals surface area contributed by atoms with Gasteiger partial charge in [0.15, 0.2) is 34.5 Å². The van der Waals surface area contributed by atoms with Crippen molar-refractivity contribution in [2.45, 2.75) is 98.2 Å². The van der Waals surface area contributed by atoms with Crippen LogP contribution in [0.2, 0.25) is 0 Å². The molecule has 0 saturated heterocycles. The summed E-state index contributed by atoms with van der Waals surface area (Å²) in [5.41, 5.74) is 6.06. The van der Waals surface area contributed by atoms with E-state index in [0.717, 1.165) is 91.5 Å². The van der Waals surface area contributed by atoms with Crippen molar-refractivity contribution in [1.29, 1.82) is 0 Å². The highest BCUT2D eigenvalue weighted by molar-refractivity contribution is 6.27. The number of phenols is 2. The lowest BCUT2D eigenvalue weighted by Gasteiger charge is -2.39. The van der Waals surface area contributed by atoms with Crippen molar-refractivity contribution in [3.05, 3.63) is 51.6 Å². The number of likely N-dealkylation sites (N-methyl/N-ethyl adjacent to an activating group) is 3. The summed E-state index contributed by atoms with van der Waals surface area (Å²) in [6.07, 6.45) is 5.00. The van der Waals surface area contributed by atoms with E-state index in [-0.39, 0.29) is 35.4 Å². The quantitative estimate of drug-likeness (QED) is 0.121. The number of rotatable bonds is 13. The molecule has 3 heterocycles. The first-order valence-corrected chi connectivity index (χ1v) is 21.3. The summed E-state index contributed by atoms with van der Waals surface area (Å²) in [7, 11) is 11.2. The molecule has 0 fully saturated rings. The third kappa shape index (κ3) is 10.1. The zero-order chi connectivity index (χ0) is 45.0. The Kier molecular flexibility index (Phi) is 15.3. The highest BCUT2D eigenvalue weighted by Crippen LogP contribution is 2.58. The lowest BCUT2D eigenvalue weighted by molar-refractivity contribution is -0.159. The van der Waals surface area contributed by atoms with Gasteiger partial charge in [0, 0.05) is 54.5 Å². The molecule has 0 amide bonds. The van der Waals surface area contributed by atoms with E-state index in [1.165, 1.54) is 0 Å². The van der Waals surface area contributed by atoms with Gasteiger partial charge in [-0.3, -0.25) is 14.7 Å². The van der Waals surface area contributed by atoms with Crippen molar-refractivity contribution >= 4 is 11.9 Å². The van der Waals surface area contributed by atoms with Gasteiger partial charge in [-0.25, -0.2) is 9.59 Å². The Morgan fingerprint density at radius 1 is 0.541 bits per heavy atom. The maximum Gasteiger partial charge on any atom is 0.414 e. The summed E-state index contributed by atoms with van der Waals surface area (Å²) in [5.74, 6) is 0.229. The number of phenolic OH excluding ortho intramolecular Hbond substituents is 2. The fraction of sp³-hybridized carbons (Fsp3) is 0.574. The molecular formula is C47H67N3O11. The van der Waals surface area contributed by atoms with Crippen molar-refractivity contribution in [2.75, 3.05) is 62.1 Å². The summed E-state index contributed by atoms with van der Waals surface area (Å²) in [5, 5.41) is 39.2. The minimum absolute atomic E-state index is 0.00281. The molecule has 3 aromatic carbocycles. The average Bonchev–Trinajstić information content (AvgIpc) is 3.19. The molecule has 6 rings (SSSR count). The molecule has 3 aliphatic rings. The minimum Gasteiger partial charge on any atom is -0.504 e. The molecule has 61 heavy (non-hydrogen) atoms. The first-order chi connectivity index (χ1) is 28.8. The van der Waals surface area contributed by atoms with Gasteiger partial charge in [-0.15, -0.1) is 0 Å². The molecule has 3 aromatic rings. The number of nitrogens with zero attached hydrogens (tertiary/aromatic N) is 3. The van der Waals surface area contributed by atoms with Gasteiger partial charge in [-0.1, -0.05) is 41.5 Å². The Labute approximate surface area is 360 Å². The van der Waals surface area contributed by atoms with Gasteiger partial charge in [-0.2, -0.15) is 0 Å². The SMILES string of the molecule is COc1cc2c(c(Oc3c(OC)cc4c(c3Oc3c(OC)cc5c(c3O)C(CC(C)C)N(C)CC5)C(CC(C)C)N(C)CC4)c1O)C(CC(C)C)N(C)CC2.O=C(O)C(=O)O. The number of ether oxygens (including phenoxy) is 5. The maximum atomic E-state index is 12.4. The van der Waals surface area contributed by atoms with Crippen molar-refractivity contribution in [1.82, 2.24) is 14.7 Å². The predicted molar refractivity (Wildman–Crippen MR) is 233 cm³/mol. The average molecular weight is 850 g/mol. The van der Waals surface area contributed by atoms with Crippen LogP contribution in [-0.4, -0.2) is 109 Å². The van der Waals surface area contributed by atoms with Crippen molar-refractivity contribution < 1.29 is 53.7 Å². The number of benzene rings is 3. The van der Waals surface area contributed by atoms with Crippen LogP contribution in [0.1, 0.15) is 112 Å². The fourth-order valence-corrected chi connectivity index (χ4v) is 9.10. The van der Waals surface area contributed by atoms with Gasteiger partial charge in [0.1, 0.15) is 0 Å². The zero-order valence-corrected chi connectivity index (χ0v) is 38.0. The van der Waals surface area contributed by atoms with Crippen LogP contribution >= 0.6 is 0 Å². The molecule has 0 spiro atoms. The van der Waals surface area contributed by atoms with Crippen LogP contribution in [0.5, 0.6) is 51.7 Å². The number of hydrogen-bond acceptors (Lipinski definition) is 12. The second kappa shape index (κ2) is 19.9. The topological polar surface area (TPSA) is 171 Å². The van der Waals surface area contributed by atoms with Gasteiger partial charge in [-0.05, 0) is 112 Å². The van der Waals surface area contributed by atoms with E-state index in [1.54, 1.807) is 21.3 Å². The van der Waals surface area contributed by atoms with E-state index < -0.39 is 11.9 Å². The minimum atomic E-state index is -1.82. The largest absolute Gasteiger partial charge is 0.504 e. The van der Waals surface area contributed by atoms with Crippen LogP contribution < -0.4 is 23.7 Å². The van der Waals surface area contributed by atoms with Crippen LogP contribution in [0.15, 0.2) is 18.2 Å². The lowest BCUT2D eigenvalue weighted by Crippen LogP contribution is -2.34. The van der Waals surface area contributed by atoms with Gasteiger partial charge in [0.05, 0.1) is 21.3 Å². The summed E-state index contributed by atoms with van der Waals surface area (Å²) in [4.78, 5) is 25.2. The van der Waals surface area contributed by atoms with E-state index in [4.69, 9.17) is 43.5 Å². The Morgan fingerprint density at radius 3 is 1.28 bits per heavy atom. The summed E-state index contributed by atoms with van der Waals surface area (Å²) in [6.45, 7) is 16.0. The second-order valence-electron chi connectivity index (χ2n) is 17.9. The third-order valence-electron chi connectivity index (χ3n) is 12.1. The first-order valence-electron chi connectivity index (χ1n) is 21.3. The number of carboxylic acid groups (broad SMARTS) is 2. The lowest BCUT2D eigenvalue weighted by atomic mass is 9.85. The first kappa shape index (κ1) is 47.1. The van der Waals surface area contributed by atoms with Gasteiger partial charge >= 0.3 is 11.9 Å². The van der Waals surface area contributed by atoms with E-state index in [0.29, 0.717) is 52.3 Å². The molecule has 14 nitrogen and oxygen atoms in total. The second-order valence-corrected chi connectivity index (χ2v) is 17.9. The molecule has 14 heteroatoms. The highest BCUT2D eigenvalue weighted by Gasteiger charge is 2.39. The van der Waals surface area contributed by atoms with Crippen molar-refractivity contribution in [2.24, 2.45) is 17.8 Å². The third-order valence-corrected chi connectivity index (χ3v) is 12.1. The molecule has 4 N–H and O–H groups in total. The van der Waals surface area contributed by atoms with Crippen LogP contribution in [0.4, 0.5) is 0 Å². The molecule has 0 aliphatic carbocycles. The summed E-state index contributed by atoms with van der Waals surface area (Å²) < 4.78 is 32.3. The molecule has 0 aromatic heterocycles. The highest BCUT2D eigenvalue weighted by atomic mass is 16.6. The molecule has 3 aliphatic heterocycles. The van der Waals surface area contributed by atoms with Crippen LogP contribution in [0.3, 0.4) is 0 Å². The van der Waals surface area contributed by atoms with Crippen LogP contribution in [0, 0.1) is 17.8 Å². The van der Waals surface area contributed by atoms with E-state index in [9.17, 15) is 10.2 Å². The maximum absolute atomic E-state index is 12.4. The Bertz CT molecular complexity index is 2050. The summed E-state index contributed by atoms with van der Waals surface area (Å²) >= 11 is 0. The standard InChI is InChI=1S/C45H65N3O7.C2H2O4/c1-25(2)19-31-37-28(13-16-46(31)7)23-35(52-11)42(41(37)50)54-45-39-30(15-18-48(9)33(39)21-27(5)6)24-36(53-12)43(45)55-44-38-29(22-34(51-10)40(44)49)14-17-47(8)32(38)20-26(3)4;3-1(4)2(5)6/h22-27,31-33,49-50H,13-21H2,1-12H3;(H,3,4)(H,5,6). The Balaban J connectivity index is 0.00000109. The Morgan fingerprint density at radius 2 is 0.885 bits per heavy atom. The number of methoxy groups -OCH3 is 3. The number of fused-ring (bicyclic) bond motifs is 3. The number of aliphatic carboxylic acids is 2. The van der Waals surface area contributed by atoms with E-state index >= 15 is 0 Å². The molecule has 336 valence electrons. The zero-order valence-electron chi connectivity index (χ0n) is 38.0. The van der Waals surface area contributed by atoms with Crippen molar-refractivity contribution in [3.8, 4) is 51.7 Å². The fourth-order valence-electron chi connectivity index (χ4n) is 9.10. The normalized spacial score (nSPS) is 19.1. The molecular weight excluding hydrogens is 783 g/mol. The van der Waals surface area contributed by atoms with Gasteiger partial charge < -0.3 is 44.1 Å². The van der Waals surface area contributed by atoms with Crippen LogP contribution in [0.25, 0.3) is 0 Å².